The number of carboxylic acid groups (broad SMARTS) is 1. The molecule has 0 unspecified atom stereocenters. The van der Waals surface area contributed by atoms with Gasteiger partial charge in [-0.05, 0) is 31.4 Å². The summed E-state index contributed by atoms with van der Waals surface area (Å²) in [5.74, 6) is -1.74. The Morgan fingerprint density at radius 1 is 1.47 bits per heavy atom. The van der Waals surface area contributed by atoms with E-state index in [4.69, 9.17) is 5.11 Å². The molecule has 1 aromatic carbocycles. The molecule has 1 aromatic heterocycles. The van der Waals surface area contributed by atoms with Gasteiger partial charge in [-0.1, -0.05) is 5.21 Å². The molecule has 1 aliphatic carbocycles. The number of hydrogen-bond acceptors (Lipinski definition) is 3. The zero-order valence-electron chi connectivity index (χ0n) is 8.93. The Balaban J connectivity index is 2.19. The molecule has 0 aliphatic heterocycles. The highest BCUT2D eigenvalue weighted by Gasteiger charge is 2.24. The van der Waals surface area contributed by atoms with E-state index in [2.05, 4.69) is 10.3 Å². The highest BCUT2D eigenvalue weighted by atomic mass is 19.1. The van der Waals surface area contributed by atoms with Crippen LogP contribution in [0.15, 0.2) is 12.1 Å². The summed E-state index contributed by atoms with van der Waals surface area (Å²) in [6.07, 6.45) is 3.05. The highest BCUT2D eigenvalue weighted by molar-refractivity contribution is 5.92. The maximum Gasteiger partial charge on any atom is 0.335 e. The summed E-state index contributed by atoms with van der Waals surface area (Å²) in [7, 11) is 0. The second-order valence-corrected chi connectivity index (χ2v) is 4.25. The lowest BCUT2D eigenvalue weighted by atomic mass is 9.93. The maximum absolute atomic E-state index is 13.9. The lowest BCUT2D eigenvalue weighted by Crippen LogP contribution is -2.18. The SMILES string of the molecule is O=C(O)c1cc(F)c2c(c1)nnn2C1CCC1. The van der Waals surface area contributed by atoms with E-state index < -0.39 is 11.8 Å². The van der Waals surface area contributed by atoms with Crippen molar-refractivity contribution in [2.75, 3.05) is 0 Å². The molecule has 1 saturated carbocycles. The van der Waals surface area contributed by atoms with Crippen LogP contribution in [0, 0.1) is 5.82 Å². The number of benzene rings is 1. The number of fused-ring (bicyclic) bond motifs is 1. The molecule has 0 amide bonds. The third-order valence-electron chi connectivity index (χ3n) is 3.19. The first-order valence-corrected chi connectivity index (χ1v) is 5.44. The summed E-state index contributed by atoms with van der Waals surface area (Å²) < 4.78 is 15.4. The van der Waals surface area contributed by atoms with Gasteiger partial charge in [0.1, 0.15) is 11.0 Å². The topological polar surface area (TPSA) is 68.0 Å². The molecule has 1 fully saturated rings. The van der Waals surface area contributed by atoms with Crippen molar-refractivity contribution in [1.29, 1.82) is 0 Å². The van der Waals surface area contributed by atoms with Crippen LogP contribution in [0.25, 0.3) is 11.0 Å². The molecule has 17 heavy (non-hydrogen) atoms. The van der Waals surface area contributed by atoms with Crippen LogP contribution >= 0.6 is 0 Å². The zero-order chi connectivity index (χ0) is 12.0. The quantitative estimate of drug-likeness (QED) is 0.864. The van der Waals surface area contributed by atoms with Gasteiger partial charge >= 0.3 is 5.97 Å². The van der Waals surface area contributed by atoms with E-state index in [1.165, 1.54) is 6.07 Å². The van der Waals surface area contributed by atoms with Gasteiger partial charge in [0.25, 0.3) is 0 Å². The largest absolute Gasteiger partial charge is 0.478 e. The van der Waals surface area contributed by atoms with E-state index in [1.807, 2.05) is 0 Å². The van der Waals surface area contributed by atoms with Gasteiger partial charge in [0.05, 0.1) is 11.6 Å². The van der Waals surface area contributed by atoms with Gasteiger partial charge < -0.3 is 5.11 Å². The molecule has 0 radical (unpaired) electrons. The van der Waals surface area contributed by atoms with E-state index in [0.29, 0.717) is 11.0 Å². The van der Waals surface area contributed by atoms with E-state index >= 15 is 0 Å². The van der Waals surface area contributed by atoms with Gasteiger partial charge in [-0.2, -0.15) is 0 Å². The molecule has 1 N–H and O–H groups in total. The molecule has 1 heterocycles. The molecule has 0 bridgehead atoms. The molecule has 1 aliphatic rings. The van der Waals surface area contributed by atoms with E-state index in [-0.39, 0.29) is 11.6 Å². The Bertz CT molecular complexity index is 604. The fraction of sp³-hybridized carbons (Fsp3) is 0.364. The van der Waals surface area contributed by atoms with Crippen LogP contribution in [0.2, 0.25) is 0 Å². The second-order valence-electron chi connectivity index (χ2n) is 4.25. The number of aromatic carboxylic acids is 1. The van der Waals surface area contributed by atoms with Crippen molar-refractivity contribution in [3.63, 3.8) is 0 Å². The third-order valence-corrected chi connectivity index (χ3v) is 3.19. The first-order valence-electron chi connectivity index (χ1n) is 5.44. The Morgan fingerprint density at radius 3 is 2.82 bits per heavy atom. The number of carboxylic acids is 1. The van der Waals surface area contributed by atoms with E-state index in [1.54, 1.807) is 4.68 Å². The van der Waals surface area contributed by atoms with Crippen molar-refractivity contribution >= 4 is 17.0 Å². The van der Waals surface area contributed by atoms with Gasteiger partial charge in [0.2, 0.25) is 0 Å². The Labute approximate surface area is 95.8 Å². The number of aromatic nitrogens is 3. The van der Waals surface area contributed by atoms with Crippen molar-refractivity contribution in [2.45, 2.75) is 25.3 Å². The number of carbonyl (C=O) groups is 1. The van der Waals surface area contributed by atoms with Crippen molar-refractivity contribution in [1.82, 2.24) is 15.0 Å². The summed E-state index contributed by atoms with van der Waals surface area (Å²) in [6.45, 7) is 0. The van der Waals surface area contributed by atoms with Crippen LogP contribution in [0.5, 0.6) is 0 Å². The fourth-order valence-electron chi connectivity index (χ4n) is 2.04. The summed E-state index contributed by atoms with van der Waals surface area (Å²) in [4.78, 5) is 10.8. The zero-order valence-corrected chi connectivity index (χ0v) is 8.93. The van der Waals surface area contributed by atoms with Crippen LogP contribution in [0.1, 0.15) is 35.7 Å². The van der Waals surface area contributed by atoms with Crippen LogP contribution in [0.3, 0.4) is 0 Å². The standard InChI is InChI=1S/C11H10FN3O2/c12-8-4-6(11(16)17)5-9-10(8)15(14-13-9)7-2-1-3-7/h4-5,7H,1-3H2,(H,16,17). The normalized spacial score (nSPS) is 16.1. The molecule has 0 saturated heterocycles. The molecule has 2 aromatic rings. The molecule has 3 rings (SSSR count). The van der Waals surface area contributed by atoms with Crippen LogP contribution < -0.4 is 0 Å². The second kappa shape index (κ2) is 3.51. The third kappa shape index (κ3) is 1.48. The average Bonchev–Trinajstić information content (AvgIpc) is 2.59. The first-order chi connectivity index (χ1) is 8.16. The lowest BCUT2D eigenvalue weighted by Gasteiger charge is -2.25. The lowest BCUT2D eigenvalue weighted by molar-refractivity contribution is 0.0696. The van der Waals surface area contributed by atoms with Crippen LogP contribution in [-0.4, -0.2) is 26.1 Å². The molecule has 6 heteroatoms. The first kappa shape index (κ1) is 10.2. The van der Waals surface area contributed by atoms with Crippen molar-refractivity contribution in [3.8, 4) is 0 Å². The van der Waals surface area contributed by atoms with E-state index in [9.17, 15) is 9.18 Å². The predicted octanol–water partition coefficient (Wildman–Crippen LogP) is 1.99. The summed E-state index contributed by atoms with van der Waals surface area (Å²) >= 11 is 0. The van der Waals surface area contributed by atoms with E-state index in [0.717, 1.165) is 25.3 Å². The van der Waals surface area contributed by atoms with Crippen LogP contribution in [0.4, 0.5) is 4.39 Å². The molecular formula is C11H10FN3O2. The fourth-order valence-corrected chi connectivity index (χ4v) is 2.04. The predicted molar refractivity (Wildman–Crippen MR) is 57.3 cm³/mol. The minimum absolute atomic E-state index is 0.101. The van der Waals surface area contributed by atoms with Crippen molar-refractivity contribution < 1.29 is 14.3 Å². The van der Waals surface area contributed by atoms with Gasteiger partial charge in [-0.3, -0.25) is 0 Å². The Kier molecular flexibility index (Phi) is 2.10. The number of halogens is 1. The number of rotatable bonds is 2. The number of nitrogens with zero attached hydrogens (tertiary/aromatic N) is 3. The van der Waals surface area contributed by atoms with Gasteiger partial charge in [0.15, 0.2) is 5.82 Å². The molecular weight excluding hydrogens is 225 g/mol. The van der Waals surface area contributed by atoms with Crippen molar-refractivity contribution in [3.05, 3.63) is 23.5 Å². The summed E-state index contributed by atoms with van der Waals surface area (Å²) in [5.41, 5.74) is 0.504. The molecule has 0 atom stereocenters. The maximum atomic E-state index is 13.9. The average molecular weight is 235 g/mol. The molecule has 5 nitrogen and oxygen atoms in total. The Morgan fingerprint density at radius 2 is 2.24 bits per heavy atom. The molecule has 88 valence electrons. The van der Waals surface area contributed by atoms with Crippen LogP contribution in [-0.2, 0) is 0 Å². The van der Waals surface area contributed by atoms with Gasteiger partial charge in [-0.15, -0.1) is 5.10 Å². The Hall–Kier alpha value is -1.98. The summed E-state index contributed by atoms with van der Waals surface area (Å²) in [5, 5.41) is 16.6. The van der Waals surface area contributed by atoms with Crippen molar-refractivity contribution in [2.24, 2.45) is 0 Å². The molecule has 0 spiro atoms. The number of hydrogen-bond donors (Lipinski definition) is 1. The minimum Gasteiger partial charge on any atom is -0.478 e. The van der Waals surface area contributed by atoms with Gasteiger partial charge in [-0.25, -0.2) is 13.9 Å². The summed E-state index contributed by atoms with van der Waals surface area (Å²) in [6, 6.07) is 2.57. The smallest absolute Gasteiger partial charge is 0.335 e. The monoisotopic (exact) mass is 235 g/mol. The highest BCUT2D eigenvalue weighted by Crippen LogP contribution is 2.33. The van der Waals surface area contributed by atoms with Gasteiger partial charge in [0, 0.05) is 0 Å². The minimum atomic E-state index is -1.16.